The molecule has 75 valence electrons. The first-order valence-electron chi connectivity index (χ1n) is 3.97. The van der Waals surface area contributed by atoms with Gasteiger partial charge in [0.2, 0.25) is 0 Å². The highest BCUT2D eigenvalue weighted by Gasteiger charge is 2.14. The van der Waals surface area contributed by atoms with Crippen molar-refractivity contribution in [1.82, 2.24) is 5.73 Å². The van der Waals surface area contributed by atoms with E-state index in [9.17, 15) is 9.59 Å². The lowest BCUT2D eigenvalue weighted by atomic mass is 10.1. The largest absolute Gasteiger partial charge is 0.469 e. The van der Waals surface area contributed by atoms with Crippen LogP contribution in [0.4, 0.5) is 0 Å². The van der Waals surface area contributed by atoms with E-state index in [1.165, 1.54) is 14.2 Å². The fraction of sp³-hybridized carbons (Fsp3) is 0.750. The maximum absolute atomic E-state index is 10.7. The van der Waals surface area contributed by atoms with Gasteiger partial charge in [0.25, 0.3) is 0 Å². The number of carbonyl (C=O) groups excluding carboxylic acids is 2. The van der Waals surface area contributed by atoms with Crippen LogP contribution in [0.3, 0.4) is 0 Å². The average molecular weight is 188 g/mol. The highest BCUT2D eigenvalue weighted by Crippen LogP contribution is 2.02. The Morgan fingerprint density at radius 1 is 1.31 bits per heavy atom. The van der Waals surface area contributed by atoms with Gasteiger partial charge in [-0.25, -0.2) is 5.73 Å². The van der Waals surface area contributed by atoms with Crippen molar-refractivity contribution in [1.29, 1.82) is 0 Å². The van der Waals surface area contributed by atoms with E-state index in [1.54, 1.807) is 0 Å². The van der Waals surface area contributed by atoms with Gasteiger partial charge in [-0.1, -0.05) is 0 Å². The Labute approximate surface area is 77.2 Å². The van der Waals surface area contributed by atoms with Crippen molar-refractivity contribution in [2.24, 2.45) is 0 Å². The van der Waals surface area contributed by atoms with Crippen LogP contribution in [-0.2, 0) is 19.1 Å². The molecule has 1 atom stereocenters. The van der Waals surface area contributed by atoms with Crippen LogP contribution in [0, 0.1) is 0 Å². The van der Waals surface area contributed by atoms with Crippen LogP contribution in [0.15, 0.2) is 0 Å². The summed E-state index contributed by atoms with van der Waals surface area (Å²) in [6, 6.07) is -0.894. The molecule has 0 saturated heterocycles. The summed E-state index contributed by atoms with van der Waals surface area (Å²) in [6.07, 6.45) is 1.03. The van der Waals surface area contributed by atoms with Crippen LogP contribution in [0.1, 0.15) is 19.3 Å². The molecule has 0 rings (SSSR count). The van der Waals surface area contributed by atoms with Gasteiger partial charge in [0.15, 0.2) is 0 Å². The Hall–Kier alpha value is -1.10. The average Bonchev–Trinajstić information content (AvgIpc) is 2.15. The Bertz CT molecular complexity index is 181. The standard InChI is InChI=1S/C8H14NO4/c1-12-7(10)5-3-4-6(9)8(11)13-2/h6,9H,3-5H2,1-2H3. The molecule has 0 spiro atoms. The van der Waals surface area contributed by atoms with E-state index in [1.807, 2.05) is 0 Å². The monoisotopic (exact) mass is 188 g/mol. The minimum atomic E-state index is -0.894. The Morgan fingerprint density at radius 2 is 1.92 bits per heavy atom. The summed E-state index contributed by atoms with van der Waals surface area (Å²) in [4.78, 5) is 21.4. The maximum atomic E-state index is 10.7. The molecule has 0 aliphatic heterocycles. The Kier molecular flexibility index (Phi) is 5.88. The van der Waals surface area contributed by atoms with E-state index in [0.717, 1.165) is 0 Å². The zero-order valence-corrected chi connectivity index (χ0v) is 7.83. The molecule has 5 heteroatoms. The first-order valence-corrected chi connectivity index (χ1v) is 3.97. The number of ether oxygens (including phenoxy) is 2. The van der Waals surface area contributed by atoms with E-state index in [0.29, 0.717) is 12.8 Å². The van der Waals surface area contributed by atoms with Crippen molar-refractivity contribution in [3.05, 3.63) is 0 Å². The molecular formula is C8H14NO4. The predicted octanol–water partition coefficient (Wildman–Crippen LogP) is 0.154. The minimum Gasteiger partial charge on any atom is -0.469 e. The zero-order valence-electron chi connectivity index (χ0n) is 7.83. The number of rotatable bonds is 5. The van der Waals surface area contributed by atoms with Crippen LogP contribution in [0.5, 0.6) is 0 Å². The van der Waals surface area contributed by atoms with Crippen LogP contribution < -0.4 is 5.73 Å². The van der Waals surface area contributed by atoms with Crippen molar-refractivity contribution < 1.29 is 19.1 Å². The topological polar surface area (TPSA) is 76.4 Å². The van der Waals surface area contributed by atoms with Gasteiger partial charge < -0.3 is 9.47 Å². The van der Waals surface area contributed by atoms with Gasteiger partial charge in [0, 0.05) is 6.42 Å². The molecule has 0 aliphatic carbocycles. The molecule has 0 fully saturated rings. The van der Waals surface area contributed by atoms with Crippen molar-refractivity contribution in [3.8, 4) is 0 Å². The molecule has 0 heterocycles. The van der Waals surface area contributed by atoms with E-state index in [4.69, 9.17) is 5.73 Å². The highest BCUT2D eigenvalue weighted by atomic mass is 16.5. The summed E-state index contributed by atoms with van der Waals surface area (Å²) in [5, 5.41) is 0. The summed E-state index contributed by atoms with van der Waals surface area (Å²) >= 11 is 0. The molecule has 1 N–H and O–H groups in total. The summed E-state index contributed by atoms with van der Waals surface area (Å²) in [7, 11) is 2.55. The quantitative estimate of drug-likeness (QED) is 0.575. The molecule has 5 nitrogen and oxygen atoms in total. The van der Waals surface area contributed by atoms with Crippen molar-refractivity contribution in [3.63, 3.8) is 0 Å². The summed E-state index contributed by atoms with van der Waals surface area (Å²) in [5.41, 5.74) is 7.25. The van der Waals surface area contributed by atoms with Crippen LogP contribution in [0.2, 0.25) is 0 Å². The molecule has 0 aliphatic rings. The third kappa shape index (κ3) is 5.19. The van der Waals surface area contributed by atoms with Gasteiger partial charge in [-0.2, -0.15) is 0 Å². The molecule has 0 aromatic heterocycles. The van der Waals surface area contributed by atoms with Gasteiger partial charge in [-0.3, -0.25) is 9.59 Å². The molecule has 0 bridgehead atoms. The van der Waals surface area contributed by atoms with Crippen LogP contribution in [0.25, 0.3) is 0 Å². The fourth-order valence-electron chi connectivity index (χ4n) is 0.813. The fourth-order valence-corrected chi connectivity index (χ4v) is 0.813. The van der Waals surface area contributed by atoms with Gasteiger partial charge in [-0.05, 0) is 12.8 Å². The number of carbonyl (C=O) groups is 2. The third-order valence-corrected chi connectivity index (χ3v) is 1.59. The zero-order chi connectivity index (χ0) is 10.3. The molecule has 0 aromatic carbocycles. The summed E-state index contributed by atoms with van der Waals surface area (Å²) < 4.78 is 8.76. The maximum Gasteiger partial charge on any atom is 0.324 e. The van der Waals surface area contributed by atoms with Crippen molar-refractivity contribution in [2.45, 2.75) is 25.3 Å². The van der Waals surface area contributed by atoms with E-state index in [2.05, 4.69) is 9.47 Å². The van der Waals surface area contributed by atoms with Gasteiger partial charge in [0.05, 0.1) is 14.2 Å². The summed E-state index contributed by atoms with van der Waals surface area (Å²) in [6.45, 7) is 0. The lowest BCUT2D eigenvalue weighted by molar-refractivity contribution is -0.144. The number of hydrogen-bond donors (Lipinski definition) is 0. The SMILES string of the molecule is COC(=O)CCCC([NH])C(=O)OC. The number of hydrogen-bond acceptors (Lipinski definition) is 4. The first-order chi connectivity index (χ1) is 6.11. The first kappa shape index (κ1) is 11.9. The molecule has 13 heavy (non-hydrogen) atoms. The predicted molar refractivity (Wildman–Crippen MR) is 44.8 cm³/mol. The smallest absolute Gasteiger partial charge is 0.324 e. The van der Waals surface area contributed by atoms with Crippen molar-refractivity contribution >= 4 is 11.9 Å². The number of esters is 2. The summed E-state index contributed by atoms with van der Waals surface area (Å²) in [5.74, 6) is -0.887. The molecular weight excluding hydrogens is 174 g/mol. The normalized spacial score (nSPS) is 11.9. The van der Waals surface area contributed by atoms with E-state index < -0.39 is 12.0 Å². The second-order valence-electron chi connectivity index (χ2n) is 2.54. The molecule has 1 unspecified atom stereocenters. The Morgan fingerprint density at radius 3 is 2.38 bits per heavy atom. The second-order valence-corrected chi connectivity index (χ2v) is 2.54. The van der Waals surface area contributed by atoms with Gasteiger partial charge in [0.1, 0.15) is 6.04 Å². The van der Waals surface area contributed by atoms with Gasteiger partial charge in [-0.15, -0.1) is 0 Å². The molecule has 0 saturated carbocycles. The van der Waals surface area contributed by atoms with Crippen LogP contribution >= 0.6 is 0 Å². The van der Waals surface area contributed by atoms with Crippen LogP contribution in [-0.4, -0.2) is 32.2 Å². The minimum absolute atomic E-state index is 0.239. The van der Waals surface area contributed by atoms with E-state index >= 15 is 0 Å². The lowest BCUT2D eigenvalue weighted by Gasteiger charge is -2.06. The van der Waals surface area contributed by atoms with Gasteiger partial charge >= 0.3 is 11.9 Å². The van der Waals surface area contributed by atoms with Crippen molar-refractivity contribution in [2.75, 3.05) is 14.2 Å². The number of nitrogens with one attached hydrogen (secondary N) is 1. The highest BCUT2D eigenvalue weighted by molar-refractivity contribution is 5.75. The molecule has 0 aromatic rings. The number of methoxy groups -OCH3 is 2. The molecule has 0 amide bonds. The lowest BCUT2D eigenvalue weighted by Crippen LogP contribution is -2.23. The van der Waals surface area contributed by atoms with E-state index in [-0.39, 0.29) is 12.4 Å². The Balaban J connectivity index is 3.53. The third-order valence-electron chi connectivity index (χ3n) is 1.59. The second kappa shape index (κ2) is 6.42. The molecule has 1 radical (unpaired) electrons.